The number of hydrogen-bond acceptors (Lipinski definition) is 22. The molecule has 7 rings (SSSR count). The predicted octanol–water partition coefficient (Wildman–Crippen LogP) is 0.561. The molecule has 0 aliphatic carbocycles. The molecule has 41 heteroatoms. The number of aliphatic hydroxyl groups is 1. The smallest absolute Gasteiger partial charge is 0.305 e. The highest BCUT2D eigenvalue weighted by Crippen LogP contribution is 2.25. The Balaban J connectivity index is 1.32. The Morgan fingerprint density at radius 2 is 0.905 bits per heavy atom. The van der Waals surface area contributed by atoms with Crippen molar-refractivity contribution < 1.29 is 107 Å². The lowest BCUT2D eigenvalue weighted by Crippen LogP contribution is -2.63. The zero-order chi connectivity index (χ0) is 101. The van der Waals surface area contributed by atoms with E-state index >= 15 is 24.0 Å². The fraction of sp³-hybridized carbons (Fsp3) is 0.479. The fourth-order valence-electron chi connectivity index (χ4n) is 15.1. The zero-order valence-corrected chi connectivity index (χ0v) is 79.7. The molecular weight excluding hydrogens is 1790 g/mol. The van der Waals surface area contributed by atoms with E-state index in [1.807, 2.05) is 30.3 Å². The van der Waals surface area contributed by atoms with E-state index in [1.54, 1.807) is 127 Å². The van der Waals surface area contributed by atoms with Crippen LogP contribution < -0.4 is 85.9 Å². The number of H-pyrrole nitrogens is 1. The maximum atomic E-state index is 15.4. The van der Waals surface area contributed by atoms with Crippen LogP contribution in [0.3, 0.4) is 0 Å². The van der Waals surface area contributed by atoms with Crippen LogP contribution in [0, 0.1) is 23.7 Å². The zero-order valence-electron chi connectivity index (χ0n) is 78.9. The van der Waals surface area contributed by atoms with E-state index in [0.29, 0.717) is 33.2 Å². The van der Waals surface area contributed by atoms with Gasteiger partial charge in [0.1, 0.15) is 90.3 Å². The lowest BCUT2D eigenvalue weighted by Gasteiger charge is -2.32. The molecule has 1 fully saturated rings. The SMILES string of the molecule is CC(C)C[C@@H]1NC(=O)[C@H](CCN)NC(=O)[C@@H](CC(C)C)NC(=O)[C@H](C)N(C)C(=O)[C@H](CCC(=O)O)NC(=O)[C@H](Cc2ccc(-c3ccccc3)cc2)NC(=O)[C@H](C(C)C)NC(=O)[C@H](Cc2c[nH]c3ccccc23)NC(=O)[C@H](CC(=O)O)NC(=O)C[C@H](Cc2ccc(O)cc2)NC(=O)[C@H](Cc2ccccc2)NC(=O)CSC[C@@H](C(=O)N[C@@H](C)C(N)=O)NC(=O)[C@H]([C@@H](C)O)NC(=O)[C@H](C(C)C)NC1=O. The van der Waals surface area contributed by atoms with Crippen LogP contribution >= 0.6 is 11.8 Å². The number of aromatic amines is 1. The summed E-state index contributed by atoms with van der Waals surface area (Å²) in [6.07, 6.45) is -4.83. The molecule has 0 saturated carbocycles. The summed E-state index contributed by atoms with van der Waals surface area (Å²) in [5, 5.41) is 79.1. The van der Waals surface area contributed by atoms with Gasteiger partial charge in [-0.2, -0.15) is 0 Å². The summed E-state index contributed by atoms with van der Waals surface area (Å²) < 4.78 is 0. The van der Waals surface area contributed by atoms with Gasteiger partial charge < -0.3 is 116 Å². The van der Waals surface area contributed by atoms with E-state index in [9.17, 15) is 82.8 Å². The molecule has 0 spiro atoms. The first kappa shape index (κ1) is 110. The predicted molar refractivity (Wildman–Crippen MR) is 509 cm³/mol. The molecule has 16 atom stereocenters. The van der Waals surface area contributed by atoms with Gasteiger partial charge in [-0.15, -0.1) is 11.8 Å². The number of thioether (sulfide) groups is 1. The van der Waals surface area contributed by atoms with Crippen LogP contribution in [0.2, 0.25) is 0 Å². The summed E-state index contributed by atoms with van der Waals surface area (Å²) in [5.74, 6) is -22.7. The Kier molecular flexibility index (Phi) is 43.0. The van der Waals surface area contributed by atoms with E-state index in [2.05, 4.69) is 79.4 Å². The molecule has 1 aromatic heterocycles. The number of aliphatic hydroxyl groups excluding tert-OH is 1. The molecule has 0 radical (unpaired) electrons. The molecule has 40 nitrogen and oxygen atoms in total. The molecule has 0 bridgehead atoms. The number of nitrogens with one attached hydrogen (secondary N) is 15. The summed E-state index contributed by atoms with van der Waals surface area (Å²) in [5.41, 5.74) is 15.6. The summed E-state index contributed by atoms with van der Waals surface area (Å²) in [6, 6.07) is 13.1. The molecular formula is C96H130N18O22S. The number of carboxylic acids is 2. The summed E-state index contributed by atoms with van der Waals surface area (Å²) in [4.78, 5) is 263. The van der Waals surface area contributed by atoms with Gasteiger partial charge in [0.05, 0.1) is 18.3 Å². The number of hydrogen-bond donors (Lipinski definition) is 21. The third-order valence-electron chi connectivity index (χ3n) is 22.9. The normalized spacial score (nSPS) is 23.5. The van der Waals surface area contributed by atoms with Crippen LogP contribution in [0.15, 0.2) is 140 Å². The average Bonchev–Trinajstić information content (AvgIpc) is 1.70. The summed E-state index contributed by atoms with van der Waals surface area (Å²) in [7, 11) is 1.18. The van der Waals surface area contributed by atoms with Crippen molar-refractivity contribution in [2.24, 2.45) is 35.1 Å². The lowest BCUT2D eigenvalue weighted by atomic mass is 9.98. The minimum Gasteiger partial charge on any atom is -0.508 e. The molecule has 5 aromatic carbocycles. The third kappa shape index (κ3) is 35.1. The molecule has 16 amide bonds. The number of rotatable bonds is 26. The number of primary amides is 1. The second-order valence-corrected chi connectivity index (χ2v) is 36.8. The number of aromatic hydroxyl groups is 1. The third-order valence-corrected chi connectivity index (χ3v) is 23.9. The maximum absolute atomic E-state index is 15.4. The van der Waals surface area contributed by atoms with Crippen LogP contribution in [0.4, 0.5) is 0 Å². The van der Waals surface area contributed by atoms with Gasteiger partial charge in [-0.05, 0) is 135 Å². The van der Waals surface area contributed by atoms with Crippen molar-refractivity contribution in [2.45, 2.75) is 244 Å². The first-order valence-corrected chi connectivity index (χ1v) is 46.6. The Morgan fingerprint density at radius 1 is 0.460 bits per heavy atom. The molecule has 0 unspecified atom stereocenters. The van der Waals surface area contributed by atoms with Gasteiger partial charge in [0.2, 0.25) is 94.5 Å². The van der Waals surface area contributed by atoms with E-state index < -0.39 is 252 Å². The van der Waals surface area contributed by atoms with Gasteiger partial charge in [-0.1, -0.05) is 171 Å². The van der Waals surface area contributed by atoms with Gasteiger partial charge in [0.25, 0.3) is 0 Å². The van der Waals surface area contributed by atoms with Crippen molar-refractivity contribution in [1.29, 1.82) is 0 Å². The van der Waals surface area contributed by atoms with Crippen molar-refractivity contribution in [3.63, 3.8) is 0 Å². The number of carbonyl (C=O) groups excluding carboxylic acids is 16. The largest absolute Gasteiger partial charge is 0.508 e. The molecule has 1 aliphatic heterocycles. The minimum atomic E-state index is -2.00. The number of nitrogens with zero attached hydrogens (tertiary/aromatic N) is 1. The van der Waals surface area contributed by atoms with Gasteiger partial charge >= 0.3 is 11.9 Å². The first-order chi connectivity index (χ1) is 64.8. The standard InChI is InChI=1S/C96H130N18O22S/c1-50(2)39-69-87(127)104-67(37-38-97)85(125)107-70(40-51(3)4)90(130)112-81(53(7)8)94(134)113-82(56(11)115)95(135)110-75(92(132)100-54(9)83(98)123)48-137-49-77(118)103-71(42-57-21-15-13-16-22-57)86(126)101-63(41-58-29-33-64(116)34-30-58)45-76(117)102-74(46-79(121)122)89(129)108-73(44-62-47-99-66-26-20-19-25-65(62)66)91(131)111-80(52(5)6)93(133)109-72(43-59-27-31-61(32-28-59)60-23-17-14-18-24-60)88(128)105-68(35-36-78(119)120)96(136)114(12)55(10)84(124)106-69/h13-34,47,50-56,63,67-75,80-82,99,115-116H,35-46,48-49,97H2,1-12H3,(H2,98,123)(H,100,132)(H,101,126)(H,102,117)(H,103,118)(H,104,127)(H,105,128)(H,106,124)(H,107,125)(H,108,129)(H,109,133)(H,110,135)(H,111,131)(H,112,130)(H,113,134)(H,119,120)(H,121,122)/t54-,55-,56+,63-,67-,68-,69+,70-,71-,72-,73-,74-,75-,80-,81-,82-/m0/s1. The number of nitrogens with two attached hydrogens (primary N) is 2. The highest BCUT2D eigenvalue weighted by Gasteiger charge is 2.41. The number of fused-ring (bicyclic) bond motifs is 1. The van der Waals surface area contributed by atoms with Crippen LogP contribution in [-0.4, -0.2) is 259 Å². The number of phenolic OH excluding ortho intramolecular Hbond substituents is 1. The van der Waals surface area contributed by atoms with Crippen LogP contribution in [-0.2, 0) is 112 Å². The van der Waals surface area contributed by atoms with Crippen LogP contribution in [0.5, 0.6) is 5.75 Å². The van der Waals surface area contributed by atoms with Crippen LogP contribution in [0.25, 0.3) is 22.0 Å². The Hall–Kier alpha value is -13.8. The van der Waals surface area contributed by atoms with E-state index in [4.69, 9.17) is 11.5 Å². The average molecular weight is 1920 g/mol. The van der Waals surface area contributed by atoms with Crippen molar-refractivity contribution in [2.75, 3.05) is 25.1 Å². The highest BCUT2D eigenvalue weighted by molar-refractivity contribution is 8.00. The number of aliphatic carboxylic acids is 2. The Bertz CT molecular complexity index is 5200. The maximum Gasteiger partial charge on any atom is 0.305 e. The number of carboxylic acid groups (broad SMARTS) is 2. The quantitative estimate of drug-likeness (QED) is 0.0353. The molecule has 6 aromatic rings. The van der Waals surface area contributed by atoms with E-state index in [1.165, 1.54) is 59.0 Å². The van der Waals surface area contributed by atoms with Gasteiger partial charge in [0, 0.05) is 68.0 Å². The van der Waals surface area contributed by atoms with Crippen LogP contribution in [0.1, 0.15) is 143 Å². The van der Waals surface area contributed by atoms with Crippen molar-refractivity contribution in [3.8, 4) is 16.9 Å². The lowest BCUT2D eigenvalue weighted by molar-refractivity contribution is -0.143. The Morgan fingerprint density at radius 3 is 1.47 bits per heavy atom. The van der Waals surface area contributed by atoms with Gasteiger partial charge in [-0.3, -0.25) is 86.3 Å². The number of amides is 16. The number of aromatic nitrogens is 1. The molecule has 1 saturated heterocycles. The summed E-state index contributed by atoms with van der Waals surface area (Å²) >= 11 is 0.737. The number of benzene rings is 5. The van der Waals surface area contributed by atoms with Crippen molar-refractivity contribution in [1.82, 2.24) is 84.3 Å². The number of carbonyl (C=O) groups is 18. The minimum absolute atomic E-state index is 0.0750. The van der Waals surface area contributed by atoms with Gasteiger partial charge in [-0.25, -0.2) is 0 Å². The first-order valence-electron chi connectivity index (χ1n) is 45.5. The number of phenols is 1. The fourth-order valence-corrected chi connectivity index (χ4v) is 16.0. The van der Waals surface area contributed by atoms with E-state index in [0.717, 1.165) is 34.7 Å². The molecule has 742 valence electrons. The number of likely N-dealkylation sites (N-methyl/N-ethyl adjacent to an activating group) is 1. The molecule has 137 heavy (non-hydrogen) atoms. The molecule has 1 aliphatic rings. The molecule has 2 heterocycles. The topological polar surface area (TPSA) is 628 Å². The molecule has 23 N–H and O–H groups in total. The second-order valence-electron chi connectivity index (χ2n) is 35.8. The monoisotopic (exact) mass is 1920 g/mol. The van der Waals surface area contributed by atoms with Gasteiger partial charge in [0.15, 0.2) is 0 Å². The Labute approximate surface area is 798 Å². The van der Waals surface area contributed by atoms with E-state index in [-0.39, 0.29) is 69.1 Å². The van der Waals surface area contributed by atoms with Crippen molar-refractivity contribution in [3.05, 3.63) is 162 Å². The van der Waals surface area contributed by atoms with Crippen molar-refractivity contribution >= 4 is 129 Å². The number of para-hydroxylation sites is 1. The highest BCUT2D eigenvalue weighted by atomic mass is 32.2. The second kappa shape index (κ2) is 53.5. The summed E-state index contributed by atoms with van der Waals surface area (Å²) in [6.45, 7) is 16.5.